The number of fused-ring (bicyclic) bond motifs is 4. The average molecular weight is 532 g/mol. The standard InChI is InChI=1S/C29H30FN5O2S/c30-20-15-22(16-31)35(18-20)25(36)17-32-29-12-9-28(10-13-29,11-14-29)27(37)33-21-7-5-19(6-8-21)26-34-23-3-1-2-4-24(23)38-26/h1-8,20,22,32H,9-15,17-18H2,(H,33,37)/t20-,22-,28?,29?/m0/s1. The highest BCUT2D eigenvalue weighted by atomic mass is 32.1. The van der Waals surface area contributed by atoms with Crippen LogP contribution in [0.1, 0.15) is 44.9 Å². The lowest BCUT2D eigenvalue weighted by Gasteiger charge is -2.52. The maximum absolute atomic E-state index is 13.7. The predicted molar refractivity (Wildman–Crippen MR) is 145 cm³/mol. The highest BCUT2D eigenvalue weighted by Crippen LogP contribution is 2.52. The van der Waals surface area contributed by atoms with Crippen molar-refractivity contribution in [2.75, 3.05) is 18.4 Å². The zero-order valence-electron chi connectivity index (χ0n) is 21.1. The summed E-state index contributed by atoms with van der Waals surface area (Å²) >= 11 is 1.66. The van der Waals surface area contributed by atoms with E-state index in [4.69, 9.17) is 4.98 Å². The van der Waals surface area contributed by atoms with E-state index in [-0.39, 0.29) is 42.3 Å². The molecule has 2 aromatic carbocycles. The quantitative estimate of drug-likeness (QED) is 0.464. The topological polar surface area (TPSA) is 98.1 Å². The number of carbonyl (C=O) groups is 2. The smallest absolute Gasteiger partial charge is 0.237 e. The number of halogens is 1. The molecular formula is C29H30FN5O2S. The Kier molecular flexibility index (Phi) is 6.40. The maximum Gasteiger partial charge on any atom is 0.237 e. The van der Waals surface area contributed by atoms with Gasteiger partial charge in [-0.1, -0.05) is 12.1 Å². The minimum absolute atomic E-state index is 0.00337. The molecule has 4 fully saturated rings. The largest absolute Gasteiger partial charge is 0.326 e. The van der Waals surface area contributed by atoms with Gasteiger partial charge in [-0.2, -0.15) is 5.26 Å². The minimum Gasteiger partial charge on any atom is -0.326 e. The summed E-state index contributed by atoms with van der Waals surface area (Å²) in [6.45, 7) is 0.0989. The summed E-state index contributed by atoms with van der Waals surface area (Å²) in [6.07, 6.45) is 3.71. The van der Waals surface area contributed by atoms with Gasteiger partial charge in [0.25, 0.3) is 0 Å². The first kappa shape index (κ1) is 25.0. The highest BCUT2D eigenvalue weighted by molar-refractivity contribution is 7.21. The van der Waals surface area contributed by atoms with Gasteiger partial charge in [0.1, 0.15) is 17.2 Å². The Morgan fingerprint density at radius 3 is 2.47 bits per heavy atom. The Morgan fingerprint density at radius 2 is 1.79 bits per heavy atom. The Balaban J connectivity index is 1.04. The van der Waals surface area contributed by atoms with Crippen LogP contribution in [0, 0.1) is 16.7 Å². The number of hydrogen-bond acceptors (Lipinski definition) is 6. The van der Waals surface area contributed by atoms with Gasteiger partial charge in [0.2, 0.25) is 11.8 Å². The lowest BCUT2D eigenvalue weighted by molar-refractivity contribution is -0.135. The number of nitriles is 1. The van der Waals surface area contributed by atoms with Crippen LogP contribution in [0.2, 0.25) is 0 Å². The number of likely N-dealkylation sites (tertiary alicyclic amines) is 1. The molecule has 2 atom stereocenters. The van der Waals surface area contributed by atoms with E-state index in [9.17, 15) is 19.2 Å². The number of amides is 2. The molecule has 2 amide bonds. The van der Waals surface area contributed by atoms with Crippen molar-refractivity contribution < 1.29 is 14.0 Å². The fraction of sp³-hybridized carbons (Fsp3) is 0.448. The summed E-state index contributed by atoms with van der Waals surface area (Å²) in [7, 11) is 0. The van der Waals surface area contributed by atoms with Crippen molar-refractivity contribution in [3.8, 4) is 16.6 Å². The van der Waals surface area contributed by atoms with E-state index in [1.54, 1.807) is 11.3 Å². The molecule has 3 aliphatic carbocycles. The number of para-hydroxylation sites is 1. The number of carbonyl (C=O) groups excluding carboxylic acids is 2. The zero-order chi connectivity index (χ0) is 26.3. The number of benzene rings is 2. The summed E-state index contributed by atoms with van der Waals surface area (Å²) in [6, 6.07) is 17.3. The van der Waals surface area contributed by atoms with Crippen LogP contribution in [0.5, 0.6) is 0 Å². The third-order valence-electron chi connectivity index (χ3n) is 8.75. The molecule has 3 aromatic rings. The SMILES string of the molecule is N#C[C@@H]1C[C@H](F)CN1C(=O)CNC12CCC(C(=O)Nc3ccc(-c4nc5ccccc5s4)cc3)(CC1)CC2. The van der Waals surface area contributed by atoms with Crippen molar-refractivity contribution in [2.24, 2.45) is 5.41 Å². The summed E-state index contributed by atoms with van der Waals surface area (Å²) < 4.78 is 14.9. The molecule has 196 valence electrons. The van der Waals surface area contributed by atoms with E-state index in [1.165, 1.54) is 4.90 Å². The molecule has 2 bridgehead atoms. The Morgan fingerprint density at radius 1 is 1.08 bits per heavy atom. The molecule has 2 heterocycles. The van der Waals surface area contributed by atoms with E-state index in [0.29, 0.717) is 0 Å². The summed E-state index contributed by atoms with van der Waals surface area (Å²) in [5.74, 6) is -0.155. The normalized spacial score (nSPS) is 28.4. The first-order valence-corrected chi connectivity index (χ1v) is 14.1. The van der Waals surface area contributed by atoms with Crippen LogP contribution in [0.25, 0.3) is 20.8 Å². The van der Waals surface area contributed by atoms with Gasteiger partial charge in [0.15, 0.2) is 0 Å². The van der Waals surface area contributed by atoms with Crippen LogP contribution in [0.15, 0.2) is 48.5 Å². The molecule has 7 nitrogen and oxygen atoms in total. The first-order valence-electron chi connectivity index (χ1n) is 13.2. The number of aromatic nitrogens is 1. The lowest BCUT2D eigenvalue weighted by Crippen LogP contribution is -2.59. The van der Waals surface area contributed by atoms with Crippen LogP contribution < -0.4 is 10.6 Å². The van der Waals surface area contributed by atoms with E-state index < -0.39 is 12.2 Å². The Labute approximate surface area is 225 Å². The highest BCUT2D eigenvalue weighted by Gasteiger charge is 2.52. The molecule has 3 saturated carbocycles. The van der Waals surface area contributed by atoms with Crippen molar-refractivity contribution in [3.63, 3.8) is 0 Å². The van der Waals surface area contributed by atoms with Gasteiger partial charge in [-0.15, -0.1) is 11.3 Å². The van der Waals surface area contributed by atoms with Gasteiger partial charge in [-0.25, -0.2) is 9.37 Å². The number of nitrogens with one attached hydrogen (secondary N) is 2. The van der Waals surface area contributed by atoms with Crippen molar-refractivity contribution in [3.05, 3.63) is 48.5 Å². The molecule has 0 radical (unpaired) electrons. The number of rotatable bonds is 6. The summed E-state index contributed by atoms with van der Waals surface area (Å²) in [5, 5.41) is 16.8. The molecule has 7 rings (SSSR count). The molecule has 2 N–H and O–H groups in total. The number of nitrogens with zero attached hydrogens (tertiary/aromatic N) is 3. The summed E-state index contributed by atoms with van der Waals surface area (Å²) in [5.41, 5.74) is 2.24. The van der Waals surface area contributed by atoms with Crippen molar-refractivity contribution in [2.45, 2.75) is 62.7 Å². The number of alkyl halides is 1. The van der Waals surface area contributed by atoms with Gasteiger partial charge in [-0.3, -0.25) is 9.59 Å². The van der Waals surface area contributed by atoms with Crippen LogP contribution in [-0.2, 0) is 9.59 Å². The fourth-order valence-electron chi connectivity index (χ4n) is 6.29. The van der Waals surface area contributed by atoms with Gasteiger partial charge in [-0.05, 0) is 74.9 Å². The molecule has 1 aliphatic heterocycles. The van der Waals surface area contributed by atoms with Gasteiger partial charge in [0.05, 0.1) is 29.4 Å². The molecule has 1 saturated heterocycles. The first-order chi connectivity index (χ1) is 18.4. The van der Waals surface area contributed by atoms with Crippen molar-refractivity contribution in [1.29, 1.82) is 5.26 Å². The van der Waals surface area contributed by atoms with Gasteiger partial charge >= 0.3 is 0 Å². The molecular weight excluding hydrogens is 501 g/mol. The van der Waals surface area contributed by atoms with Crippen LogP contribution in [-0.4, -0.2) is 52.5 Å². The van der Waals surface area contributed by atoms with Crippen LogP contribution in [0.4, 0.5) is 10.1 Å². The predicted octanol–water partition coefficient (Wildman–Crippen LogP) is 5.05. The molecule has 38 heavy (non-hydrogen) atoms. The molecule has 4 aliphatic rings. The molecule has 1 aromatic heterocycles. The van der Waals surface area contributed by atoms with E-state index in [2.05, 4.69) is 16.7 Å². The molecule has 9 heteroatoms. The molecule has 0 unspecified atom stereocenters. The summed E-state index contributed by atoms with van der Waals surface area (Å²) in [4.78, 5) is 32.2. The van der Waals surface area contributed by atoms with Gasteiger partial charge < -0.3 is 15.5 Å². The third kappa shape index (κ3) is 4.56. The maximum atomic E-state index is 13.7. The monoisotopic (exact) mass is 531 g/mol. The van der Waals surface area contributed by atoms with Crippen molar-refractivity contribution in [1.82, 2.24) is 15.2 Å². The van der Waals surface area contributed by atoms with Crippen LogP contribution >= 0.6 is 11.3 Å². The Hall–Kier alpha value is -3.35. The lowest BCUT2D eigenvalue weighted by atomic mass is 9.57. The van der Waals surface area contributed by atoms with E-state index in [0.717, 1.165) is 65.0 Å². The minimum atomic E-state index is -1.13. The second-order valence-electron chi connectivity index (χ2n) is 11.0. The van der Waals surface area contributed by atoms with E-state index in [1.807, 2.05) is 48.5 Å². The fourth-order valence-corrected chi connectivity index (χ4v) is 7.27. The zero-order valence-corrected chi connectivity index (χ0v) is 21.9. The second kappa shape index (κ2) is 9.75. The van der Waals surface area contributed by atoms with Crippen LogP contribution in [0.3, 0.4) is 0 Å². The number of thiazole rings is 1. The van der Waals surface area contributed by atoms with Crippen molar-refractivity contribution >= 4 is 39.1 Å². The van der Waals surface area contributed by atoms with Gasteiger partial charge in [0, 0.05) is 28.6 Å². The average Bonchev–Trinajstić information content (AvgIpc) is 3.56. The van der Waals surface area contributed by atoms with E-state index >= 15 is 0 Å². The Bertz CT molecular complexity index is 1360. The third-order valence-corrected chi connectivity index (χ3v) is 9.83. The second-order valence-corrected chi connectivity index (χ2v) is 12.0. The molecule has 0 spiro atoms. The number of hydrogen-bond donors (Lipinski definition) is 2. The number of anilines is 1.